The van der Waals surface area contributed by atoms with Gasteiger partial charge in [0, 0.05) is 0 Å². The molecule has 14 N–H and O–H groups in total. The van der Waals surface area contributed by atoms with Gasteiger partial charge in [0.05, 0.1) is 36.9 Å². The van der Waals surface area contributed by atoms with Crippen LogP contribution in [0.3, 0.4) is 0 Å². The molecule has 14 nitrogen and oxygen atoms in total. The van der Waals surface area contributed by atoms with E-state index >= 15 is 0 Å². The number of rotatable bonds is 6. The summed E-state index contributed by atoms with van der Waals surface area (Å²) in [7, 11) is 0. The van der Waals surface area contributed by atoms with Crippen molar-refractivity contribution in [1.82, 2.24) is 0 Å². The van der Waals surface area contributed by atoms with Crippen LogP contribution in [0.2, 0.25) is 0 Å². The van der Waals surface area contributed by atoms with E-state index < -0.39 is 48.8 Å². The van der Waals surface area contributed by atoms with Crippen molar-refractivity contribution < 1.29 is 61.5 Å². The molecule has 15 heteroatoms. The quantitative estimate of drug-likeness (QED) is 0.323. The van der Waals surface area contributed by atoms with E-state index in [0.717, 1.165) is 0 Å². The standard InChI is InChI=1S/2C4H7NO4.Mg.4H2O/c2*5-2(4(8)9)1-3(6)7;;;;;/h2*2H,1,5H2,(H,6,7)(H,8,9);;4*1H2/q;;+2;;;;/p-2/t2*2-;;;;;/m00...../s1. The van der Waals surface area contributed by atoms with Crippen molar-refractivity contribution in [2.75, 3.05) is 0 Å². The predicted octanol–water partition coefficient (Wildman–Crippen LogP) is -8.60. The maximum atomic E-state index is 9.74. The summed E-state index contributed by atoms with van der Waals surface area (Å²) in [4.78, 5) is 39.0. The molecule has 0 aliphatic carbocycles. The fourth-order valence-corrected chi connectivity index (χ4v) is 0.543. The van der Waals surface area contributed by atoms with Gasteiger partial charge in [0.2, 0.25) is 0 Å². The number of hydrogen-bond donors (Lipinski definition) is 4. The second-order valence-electron chi connectivity index (χ2n) is 3.05. The first-order chi connectivity index (χ1) is 8.07. The van der Waals surface area contributed by atoms with Gasteiger partial charge in [-0.25, -0.2) is 0 Å². The predicted molar refractivity (Wildman–Crippen MR) is 70.7 cm³/mol. The Morgan fingerprint density at radius 3 is 0.957 bits per heavy atom. The van der Waals surface area contributed by atoms with Crippen molar-refractivity contribution in [2.24, 2.45) is 11.5 Å². The van der Waals surface area contributed by atoms with E-state index in [-0.39, 0.29) is 45.0 Å². The van der Waals surface area contributed by atoms with E-state index in [1.807, 2.05) is 0 Å². The summed E-state index contributed by atoms with van der Waals surface area (Å²) in [6.45, 7) is 0. The Kier molecular flexibility index (Phi) is 42.4. The fraction of sp³-hybridized carbons (Fsp3) is 0.500. The molecule has 136 valence electrons. The molecular weight excluding hydrogens is 340 g/mol. The third-order valence-electron chi connectivity index (χ3n) is 1.39. The molecule has 0 aliphatic rings. The monoisotopic (exact) mass is 360 g/mol. The van der Waals surface area contributed by atoms with Gasteiger partial charge in [-0.2, -0.15) is 0 Å². The van der Waals surface area contributed by atoms with Gasteiger partial charge in [0.1, 0.15) is 0 Å². The summed E-state index contributed by atoms with van der Waals surface area (Å²) in [6.07, 6.45) is -1.19. The van der Waals surface area contributed by atoms with Crippen molar-refractivity contribution in [1.29, 1.82) is 0 Å². The molecule has 0 radical (unpaired) electrons. The number of carboxylic acid groups (broad SMARTS) is 4. The van der Waals surface area contributed by atoms with E-state index in [9.17, 15) is 29.4 Å². The molecule has 0 saturated heterocycles. The van der Waals surface area contributed by atoms with Crippen molar-refractivity contribution in [2.45, 2.75) is 24.9 Å². The zero-order valence-electron chi connectivity index (χ0n) is 11.8. The molecule has 0 rings (SSSR count). The Morgan fingerprint density at radius 2 is 0.913 bits per heavy atom. The molecule has 0 fully saturated rings. The zero-order chi connectivity index (χ0) is 14.9. The van der Waals surface area contributed by atoms with Gasteiger partial charge >= 0.3 is 35.0 Å². The van der Waals surface area contributed by atoms with Gasteiger partial charge in [0.15, 0.2) is 0 Å². The van der Waals surface area contributed by atoms with E-state index in [1.54, 1.807) is 0 Å². The molecule has 0 aliphatic heterocycles. The molecule has 0 aromatic heterocycles. The Morgan fingerprint density at radius 1 is 0.739 bits per heavy atom. The topological polar surface area (TPSA) is 333 Å². The van der Waals surface area contributed by atoms with Gasteiger partial charge in [-0.1, -0.05) is 0 Å². The first kappa shape index (κ1) is 43.0. The van der Waals surface area contributed by atoms with Crippen molar-refractivity contribution in [3.05, 3.63) is 0 Å². The Labute approximate surface area is 145 Å². The summed E-state index contributed by atoms with van der Waals surface area (Å²) in [6, 6.07) is -2.80. The first-order valence-electron chi connectivity index (χ1n) is 4.44. The molecule has 0 saturated carbocycles. The zero-order valence-corrected chi connectivity index (χ0v) is 13.2. The van der Waals surface area contributed by atoms with Crippen LogP contribution in [-0.2, 0) is 19.2 Å². The second kappa shape index (κ2) is 22.7. The molecule has 0 bridgehead atoms. The summed E-state index contributed by atoms with van der Waals surface area (Å²) in [5.74, 6) is -5.58. The summed E-state index contributed by atoms with van der Waals surface area (Å²) >= 11 is 0. The summed E-state index contributed by atoms with van der Waals surface area (Å²) in [5.41, 5.74) is 9.55. The number of carboxylic acids is 4. The molecular formula is C8H20MgN2O12. The largest absolute Gasteiger partial charge is 2.00 e. The van der Waals surface area contributed by atoms with Crippen LogP contribution in [0.5, 0.6) is 0 Å². The van der Waals surface area contributed by atoms with E-state index in [0.29, 0.717) is 0 Å². The maximum absolute atomic E-state index is 9.74. The second-order valence-corrected chi connectivity index (χ2v) is 3.05. The molecule has 0 aromatic carbocycles. The Balaban J connectivity index is -0.0000000366. The van der Waals surface area contributed by atoms with Crippen LogP contribution < -0.4 is 21.7 Å². The molecule has 0 unspecified atom stereocenters. The molecule has 0 amide bonds. The van der Waals surface area contributed by atoms with Crippen LogP contribution in [-0.4, -0.2) is 91.1 Å². The minimum absolute atomic E-state index is 0. The summed E-state index contributed by atoms with van der Waals surface area (Å²) < 4.78 is 0. The average Bonchev–Trinajstić information content (AvgIpc) is 2.16. The number of carbonyl (C=O) groups excluding carboxylic acids is 2. The minimum atomic E-state index is -1.54. The van der Waals surface area contributed by atoms with Gasteiger partial charge in [0.25, 0.3) is 0 Å². The average molecular weight is 361 g/mol. The van der Waals surface area contributed by atoms with Crippen molar-refractivity contribution in [3.8, 4) is 0 Å². The molecule has 23 heavy (non-hydrogen) atoms. The summed E-state index contributed by atoms with van der Waals surface area (Å²) in [5, 5.41) is 35.4. The van der Waals surface area contributed by atoms with E-state index in [1.165, 1.54) is 0 Å². The van der Waals surface area contributed by atoms with Crippen LogP contribution in [0.1, 0.15) is 12.8 Å². The van der Waals surface area contributed by atoms with Gasteiger partial charge < -0.3 is 63.4 Å². The fourth-order valence-electron chi connectivity index (χ4n) is 0.543. The van der Waals surface area contributed by atoms with Crippen LogP contribution in [0.4, 0.5) is 0 Å². The number of nitrogens with two attached hydrogens (primary N) is 2. The van der Waals surface area contributed by atoms with Crippen LogP contribution >= 0.6 is 0 Å². The maximum Gasteiger partial charge on any atom is 2.00 e. The molecule has 0 spiro atoms. The third-order valence-corrected chi connectivity index (χ3v) is 1.39. The minimum Gasteiger partial charge on any atom is -0.548 e. The SMILES string of the molecule is N[C@@H](CC(=O)O)C(=O)[O-].N[C@@H](CC(=O)O)C(=O)[O-].O.O.O.O.[Mg+2]. The molecule has 0 heterocycles. The molecule has 0 aromatic rings. The van der Waals surface area contributed by atoms with Crippen LogP contribution in [0.25, 0.3) is 0 Å². The number of carbonyl (C=O) groups is 4. The van der Waals surface area contributed by atoms with Crippen molar-refractivity contribution >= 4 is 46.9 Å². The molecule has 2 atom stereocenters. The Bertz CT molecular complexity index is 307. The number of aliphatic carboxylic acids is 4. The van der Waals surface area contributed by atoms with E-state index in [2.05, 4.69) is 0 Å². The third kappa shape index (κ3) is 33.3. The van der Waals surface area contributed by atoms with Gasteiger partial charge in [-0.05, 0) is 0 Å². The smallest absolute Gasteiger partial charge is 0.548 e. The van der Waals surface area contributed by atoms with Crippen LogP contribution in [0.15, 0.2) is 0 Å². The number of hydrogen-bond acceptors (Lipinski definition) is 8. The van der Waals surface area contributed by atoms with E-state index in [4.69, 9.17) is 21.7 Å². The van der Waals surface area contributed by atoms with Gasteiger partial charge in [-0.15, -0.1) is 0 Å². The normalized spacial score (nSPS) is 9.83. The van der Waals surface area contributed by atoms with Gasteiger partial charge in [-0.3, -0.25) is 9.59 Å². The van der Waals surface area contributed by atoms with Crippen molar-refractivity contribution in [3.63, 3.8) is 0 Å². The first-order valence-corrected chi connectivity index (χ1v) is 4.44. The Hall–Kier alpha value is -1.59. The van der Waals surface area contributed by atoms with Crippen LogP contribution in [0, 0.1) is 0 Å².